The Morgan fingerprint density at radius 1 is 1.48 bits per heavy atom. The molecule has 1 fully saturated rings. The van der Waals surface area contributed by atoms with Crippen molar-refractivity contribution in [2.24, 2.45) is 0 Å². The Kier molecular flexibility index (Phi) is 5.32. The molecule has 3 rings (SSSR count). The van der Waals surface area contributed by atoms with Gasteiger partial charge < -0.3 is 4.90 Å². The van der Waals surface area contributed by atoms with Crippen molar-refractivity contribution in [1.29, 1.82) is 0 Å². The van der Waals surface area contributed by atoms with Crippen LogP contribution in [0.2, 0.25) is 0 Å². The topological polar surface area (TPSA) is 63.9 Å². The van der Waals surface area contributed by atoms with Crippen LogP contribution in [-0.4, -0.2) is 43.8 Å². The molecule has 23 heavy (non-hydrogen) atoms. The summed E-state index contributed by atoms with van der Waals surface area (Å²) in [5.41, 5.74) is 1.24. The van der Waals surface area contributed by atoms with Crippen molar-refractivity contribution in [3.8, 4) is 0 Å². The maximum Gasteiger partial charge on any atom is 0.233 e. The van der Waals surface area contributed by atoms with Crippen molar-refractivity contribution in [2.75, 3.05) is 12.8 Å². The minimum Gasteiger partial charge on any atom is -0.340 e. The molecular formula is C15H21N5OS2. The summed E-state index contributed by atoms with van der Waals surface area (Å²) in [6, 6.07) is 2.48. The summed E-state index contributed by atoms with van der Waals surface area (Å²) in [6.45, 7) is 2.74. The zero-order chi connectivity index (χ0) is 16.2. The first-order valence-corrected chi connectivity index (χ1v) is 9.69. The van der Waals surface area contributed by atoms with Crippen LogP contribution in [-0.2, 0) is 11.3 Å². The zero-order valence-electron chi connectivity index (χ0n) is 13.4. The van der Waals surface area contributed by atoms with Crippen molar-refractivity contribution in [3.05, 3.63) is 21.9 Å². The Morgan fingerprint density at radius 2 is 2.26 bits per heavy atom. The number of nitrogens with zero attached hydrogens (tertiary/aromatic N) is 5. The first-order valence-electron chi connectivity index (χ1n) is 7.82. The fourth-order valence-electron chi connectivity index (χ4n) is 2.76. The van der Waals surface area contributed by atoms with E-state index in [-0.39, 0.29) is 5.91 Å². The van der Waals surface area contributed by atoms with E-state index in [9.17, 15) is 4.79 Å². The second kappa shape index (κ2) is 7.44. The normalized spacial score (nSPS) is 15.2. The van der Waals surface area contributed by atoms with Crippen LogP contribution in [0.5, 0.6) is 0 Å². The molecule has 1 aliphatic carbocycles. The number of aryl methyl sites for hydroxylation is 1. The van der Waals surface area contributed by atoms with Crippen LogP contribution in [0.3, 0.4) is 0 Å². The van der Waals surface area contributed by atoms with Crippen molar-refractivity contribution in [1.82, 2.24) is 25.1 Å². The minimum absolute atomic E-state index is 0.101. The molecule has 1 saturated carbocycles. The van der Waals surface area contributed by atoms with Crippen LogP contribution in [0.1, 0.15) is 42.2 Å². The summed E-state index contributed by atoms with van der Waals surface area (Å²) in [4.78, 5) is 15.4. The average molecular weight is 352 g/mol. The first-order chi connectivity index (χ1) is 11.1. The third-order valence-corrected chi connectivity index (χ3v) is 6.16. The molecule has 2 aromatic heterocycles. The molecule has 0 N–H and O–H groups in total. The second-order valence-electron chi connectivity index (χ2n) is 5.91. The fraction of sp³-hybridized carbons (Fsp3) is 0.600. The number of amides is 1. The average Bonchev–Trinajstić information content (AvgIpc) is 3.26. The molecule has 2 aromatic rings. The predicted octanol–water partition coefficient (Wildman–Crippen LogP) is 2.91. The highest BCUT2D eigenvalue weighted by Crippen LogP contribution is 2.31. The van der Waals surface area contributed by atoms with E-state index in [0.29, 0.717) is 18.3 Å². The summed E-state index contributed by atoms with van der Waals surface area (Å²) in [5.74, 6) is 0.470. The number of thioether (sulfide) groups is 1. The van der Waals surface area contributed by atoms with Crippen LogP contribution in [0.25, 0.3) is 0 Å². The van der Waals surface area contributed by atoms with Crippen LogP contribution in [0.15, 0.2) is 16.6 Å². The lowest BCUT2D eigenvalue weighted by molar-refractivity contribution is -0.127. The molecule has 0 atom stereocenters. The molecule has 124 valence electrons. The number of hydrogen-bond acceptors (Lipinski definition) is 6. The lowest BCUT2D eigenvalue weighted by atomic mass is 10.3. The van der Waals surface area contributed by atoms with E-state index in [4.69, 9.17) is 0 Å². The molecule has 0 radical (unpaired) electrons. The summed E-state index contributed by atoms with van der Waals surface area (Å²) < 4.78 is 1.90. The number of tetrazole rings is 1. The van der Waals surface area contributed by atoms with Crippen molar-refractivity contribution in [3.63, 3.8) is 0 Å². The van der Waals surface area contributed by atoms with Gasteiger partial charge in [-0.3, -0.25) is 4.79 Å². The van der Waals surface area contributed by atoms with Gasteiger partial charge in [0.2, 0.25) is 11.1 Å². The molecule has 1 aliphatic rings. The Morgan fingerprint density at radius 3 is 2.96 bits per heavy atom. The number of hydrogen-bond donors (Lipinski definition) is 0. The van der Waals surface area contributed by atoms with Gasteiger partial charge in [0.15, 0.2) is 0 Å². The molecule has 6 nitrogen and oxygen atoms in total. The second-order valence-corrected chi connectivity index (χ2v) is 7.85. The Hall–Kier alpha value is -1.41. The quantitative estimate of drug-likeness (QED) is 0.749. The third-order valence-electron chi connectivity index (χ3n) is 4.23. The highest BCUT2D eigenvalue weighted by molar-refractivity contribution is 7.99. The standard InChI is InChI=1S/C15H21N5OS2/c1-11-7-8-22-13(11)9-19(2)14(21)10-23-15-16-17-18-20(15)12-5-3-4-6-12/h7-8,12H,3-6,9-10H2,1-2H3. The monoisotopic (exact) mass is 351 g/mol. The van der Waals surface area contributed by atoms with Crippen molar-refractivity contribution >= 4 is 29.0 Å². The highest BCUT2D eigenvalue weighted by Gasteiger charge is 2.22. The molecule has 0 bridgehead atoms. The van der Waals surface area contributed by atoms with Gasteiger partial charge >= 0.3 is 0 Å². The van der Waals surface area contributed by atoms with Gasteiger partial charge in [-0.2, -0.15) is 0 Å². The molecule has 0 aliphatic heterocycles. The van der Waals surface area contributed by atoms with Gasteiger partial charge in [0.25, 0.3) is 0 Å². The van der Waals surface area contributed by atoms with E-state index in [1.807, 2.05) is 11.7 Å². The lowest BCUT2D eigenvalue weighted by Crippen LogP contribution is -2.27. The number of rotatable bonds is 6. The van der Waals surface area contributed by atoms with E-state index in [2.05, 4.69) is 33.9 Å². The number of aromatic nitrogens is 4. The highest BCUT2D eigenvalue weighted by atomic mass is 32.2. The molecule has 0 saturated heterocycles. The van der Waals surface area contributed by atoms with Gasteiger partial charge in [-0.25, -0.2) is 4.68 Å². The van der Waals surface area contributed by atoms with E-state index in [1.165, 1.54) is 35.0 Å². The number of carbonyl (C=O) groups excluding carboxylic acids is 1. The van der Waals surface area contributed by atoms with E-state index >= 15 is 0 Å². The lowest BCUT2D eigenvalue weighted by Gasteiger charge is -2.17. The van der Waals surface area contributed by atoms with Gasteiger partial charge in [-0.1, -0.05) is 24.6 Å². The van der Waals surface area contributed by atoms with Crippen LogP contribution in [0, 0.1) is 6.92 Å². The van der Waals surface area contributed by atoms with Crippen molar-refractivity contribution < 1.29 is 4.79 Å². The molecular weight excluding hydrogens is 330 g/mol. The zero-order valence-corrected chi connectivity index (χ0v) is 15.1. The van der Waals surface area contributed by atoms with Gasteiger partial charge in [0, 0.05) is 11.9 Å². The number of carbonyl (C=O) groups is 1. The minimum atomic E-state index is 0.101. The predicted molar refractivity (Wildman–Crippen MR) is 91.6 cm³/mol. The van der Waals surface area contributed by atoms with E-state index in [0.717, 1.165) is 18.0 Å². The maximum atomic E-state index is 12.3. The van der Waals surface area contributed by atoms with Gasteiger partial charge in [-0.15, -0.1) is 16.4 Å². The summed E-state index contributed by atoms with van der Waals surface area (Å²) in [6.07, 6.45) is 4.72. The van der Waals surface area contributed by atoms with Gasteiger partial charge in [-0.05, 0) is 47.2 Å². The Balaban J connectivity index is 1.54. The Bertz CT molecular complexity index is 662. The molecule has 2 heterocycles. The molecule has 8 heteroatoms. The summed E-state index contributed by atoms with van der Waals surface area (Å²) in [7, 11) is 1.85. The number of thiophene rings is 1. The molecule has 0 unspecified atom stereocenters. The van der Waals surface area contributed by atoms with E-state index < -0.39 is 0 Å². The third kappa shape index (κ3) is 3.92. The summed E-state index contributed by atoms with van der Waals surface area (Å²) in [5, 5.41) is 14.8. The largest absolute Gasteiger partial charge is 0.340 e. The van der Waals surface area contributed by atoms with Gasteiger partial charge in [0.1, 0.15) is 0 Å². The van der Waals surface area contributed by atoms with Crippen LogP contribution < -0.4 is 0 Å². The molecule has 1 amide bonds. The van der Waals surface area contributed by atoms with Crippen LogP contribution in [0.4, 0.5) is 0 Å². The summed E-state index contributed by atoms with van der Waals surface area (Å²) >= 11 is 3.13. The smallest absolute Gasteiger partial charge is 0.233 e. The van der Waals surface area contributed by atoms with Crippen molar-refractivity contribution in [2.45, 2.75) is 50.4 Å². The van der Waals surface area contributed by atoms with Crippen LogP contribution >= 0.6 is 23.1 Å². The molecule has 0 spiro atoms. The molecule has 0 aromatic carbocycles. The Labute approximate surface area is 144 Å². The van der Waals surface area contributed by atoms with Gasteiger partial charge in [0.05, 0.1) is 18.3 Å². The van der Waals surface area contributed by atoms with E-state index in [1.54, 1.807) is 16.2 Å². The first kappa shape index (κ1) is 16.4. The fourth-order valence-corrected chi connectivity index (χ4v) is 4.61. The SMILES string of the molecule is Cc1ccsc1CN(C)C(=O)CSc1nnnn1C1CCCC1. The maximum absolute atomic E-state index is 12.3.